The second-order valence-electron chi connectivity index (χ2n) is 7.54. The third-order valence-corrected chi connectivity index (χ3v) is 7.01. The molecule has 1 aromatic carbocycles. The zero-order valence-electron chi connectivity index (χ0n) is 16.3. The minimum absolute atomic E-state index is 0.0937. The zero-order chi connectivity index (χ0) is 21.9. The first-order valence-corrected chi connectivity index (χ1v) is 11.3. The summed E-state index contributed by atoms with van der Waals surface area (Å²) in [5.41, 5.74) is -5.30. The molecule has 1 saturated heterocycles. The molecule has 1 N–H and O–H groups in total. The van der Waals surface area contributed by atoms with Crippen LogP contribution in [0.3, 0.4) is 0 Å². The molecule has 7 nitrogen and oxygen atoms in total. The van der Waals surface area contributed by atoms with Crippen LogP contribution in [0.1, 0.15) is 42.5 Å². The van der Waals surface area contributed by atoms with E-state index in [9.17, 15) is 31.2 Å². The van der Waals surface area contributed by atoms with E-state index < -0.39 is 26.1 Å². The van der Waals surface area contributed by atoms with E-state index in [0.29, 0.717) is 26.2 Å². The van der Waals surface area contributed by atoms with Crippen LogP contribution in [-0.4, -0.2) is 67.9 Å². The molecule has 3 amide bonds. The van der Waals surface area contributed by atoms with Crippen molar-refractivity contribution >= 4 is 21.8 Å². The molecule has 2 aliphatic rings. The lowest BCUT2D eigenvalue weighted by Gasteiger charge is -2.36. The topological polar surface area (TPSA) is 86.8 Å². The van der Waals surface area contributed by atoms with E-state index in [0.717, 1.165) is 49.9 Å². The highest BCUT2D eigenvalue weighted by Gasteiger charge is 2.46. The Hall–Kier alpha value is -2.30. The number of hydrogen-bond donors (Lipinski definition) is 1. The van der Waals surface area contributed by atoms with Crippen LogP contribution >= 0.6 is 0 Å². The van der Waals surface area contributed by atoms with Crippen LogP contribution in [0.15, 0.2) is 29.2 Å². The number of rotatable bonds is 3. The van der Waals surface area contributed by atoms with E-state index in [1.165, 1.54) is 11.3 Å². The molecule has 0 radical (unpaired) electrons. The largest absolute Gasteiger partial charge is 0.501 e. The standard InChI is InChI=1S/C19H24F3N3O4S/c20-19(21,22)30(28,29)16-8-6-14(7-9-16)17(26)24-10-12-25(13-11-24)18(27)23-15-4-2-1-3-5-15/h6-9,15H,1-5,10-13H2,(H,23,27). The Balaban J connectivity index is 1.55. The number of nitrogens with one attached hydrogen (secondary N) is 1. The molecule has 1 heterocycles. The van der Waals surface area contributed by atoms with Crippen LogP contribution in [0.5, 0.6) is 0 Å². The van der Waals surface area contributed by atoms with Crippen molar-refractivity contribution in [3.8, 4) is 0 Å². The summed E-state index contributed by atoms with van der Waals surface area (Å²) >= 11 is 0. The number of nitrogens with zero attached hydrogens (tertiary/aromatic N) is 2. The minimum atomic E-state index is -5.45. The molecular formula is C19H24F3N3O4S. The number of carbonyl (C=O) groups is 2. The summed E-state index contributed by atoms with van der Waals surface area (Å²) < 4.78 is 60.7. The molecule has 0 unspecified atom stereocenters. The van der Waals surface area contributed by atoms with Crippen molar-refractivity contribution in [1.29, 1.82) is 0 Å². The summed E-state index contributed by atoms with van der Waals surface area (Å²) in [5.74, 6) is -0.418. The Bertz CT molecular complexity index is 873. The molecular weight excluding hydrogens is 423 g/mol. The predicted octanol–water partition coefficient (Wildman–Crippen LogP) is 2.78. The minimum Gasteiger partial charge on any atom is -0.335 e. The highest BCUT2D eigenvalue weighted by Crippen LogP contribution is 2.30. The molecule has 0 spiro atoms. The molecule has 0 atom stereocenters. The third kappa shape index (κ3) is 4.88. The van der Waals surface area contributed by atoms with Gasteiger partial charge in [-0.25, -0.2) is 13.2 Å². The average Bonchev–Trinajstić information content (AvgIpc) is 2.73. The van der Waals surface area contributed by atoms with Gasteiger partial charge < -0.3 is 15.1 Å². The monoisotopic (exact) mass is 447 g/mol. The number of benzene rings is 1. The summed E-state index contributed by atoms with van der Waals surface area (Å²) in [7, 11) is -5.45. The quantitative estimate of drug-likeness (QED) is 0.772. The molecule has 0 aromatic heterocycles. The smallest absolute Gasteiger partial charge is 0.335 e. The first kappa shape index (κ1) is 22.4. The van der Waals surface area contributed by atoms with Crippen molar-refractivity contribution in [2.75, 3.05) is 26.2 Å². The van der Waals surface area contributed by atoms with Gasteiger partial charge in [-0.15, -0.1) is 0 Å². The Morgan fingerprint density at radius 2 is 1.43 bits per heavy atom. The molecule has 1 aliphatic heterocycles. The lowest BCUT2D eigenvalue weighted by atomic mass is 9.96. The Kier molecular flexibility index (Phi) is 6.59. The van der Waals surface area contributed by atoms with Gasteiger partial charge in [0, 0.05) is 37.8 Å². The van der Waals surface area contributed by atoms with Crippen LogP contribution in [0.4, 0.5) is 18.0 Å². The van der Waals surface area contributed by atoms with Gasteiger partial charge in [-0.05, 0) is 37.1 Å². The predicted molar refractivity (Wildman–Crippen MR) is 103 cm³/mol. The maximum Gasteiger partial charge on any atom is 0.501 e. The summed E-state index contributed by atoms with van der Waals surface area (Å²) in [4.78, 5) is 27.2. The van der Waals surface area contributed by atoms with Crippen molar-refractivity contribution in [2.45, 2.75) is 48.5 Å². The van der Waals surface area contributed by atoms with E-state index in [1.54, 1.807) is 4.90 Å². The zero-order valence-corrected chi connectivity index (χ0v) is 17.1. The van der Waals surface area contributed by atoms with Crippen molar-refractivity contribution in [3.63, 3.8) is 0 Å². The molecule has 3 rings (SSSR count). The number of sulfone groups is 1. The van der Waals surface area contributed by atoms with Crippen LogP contribution in [0, 0.1) is 0 Å². The lowest BCUT2D eigenvalue weighted by molar-refractivity contribution is -0.0436. The molecule has 166 valence electrons. The van der Waals surface area contributed by atoms with E-state index in [1.807, 2.05) is 0 Å². The number of piperazine rings is 1. The molecule has 11 heteroatoms. The molecule has 1 saturated carbocycles. The molecule has 2 fully saturated rings. The van der Waals surface area contributed by atoms with E-state index >= 15 is 0 Å². The number of alkyl halides is 3. The number of urea groups is 1. The maximum absolute atomic E-state index is 12.6. The summed E-state index contributed by atoms with van der Waals surface area (Å²) in [6.45, 7) is 1.29. The van der Waals surface area contributed by atoms with Crippen LogP contribution in [-0.2, 0) is 9.84 Å². The first-order chi connectivity index (χ1) is 14.1. The molecule has 1 aliphatic carbocycles. The Morgan fingerprint density at radius 3 is 1.97 bits per heavy atom. The fourth-order valence-electron chi connectivity index (χ4n) is 3.72. The van der Waals surface area contributed by atoms with Gasteiger partial charge in [-0.2, -0.15) is 13.2 Å². The summed E-state index contributed by atoms with van der Waals surface area (Å²) in [6.07, 6.45) is 5.36. The number of carbonyl (C=O) groups excluding carboxylic acids is 2. The van der Waals surface area contributed by atoms with Crippen molar-refractivity contribution in [1.82, 2.24) is 15.1 Å². The van der Waals surface area contributed by atoms with Gasteiger partial charge in [-0.1, -0.05) is 19.3 Å². The van der Waals surface area contributed by atoms with Gasteiger partial charge in [0.05, 0.1) is 4.90 Å². The SMILES string of the molecule is O=C(NC1CCCCC1)N1CCN(C(=O)c2ccc(S(=O)(=O)C(F)(F)F)cc2)CC1. The van der Waals surface area contributed by atoms with E-state index in [-0.39, 0.29) is 17.6 Å². The Morgan fingerprint density at radius 1 is 0.900 bits per heavy atom. The van der Waals surface area contributed by atoms with Crippen LogP contribution in [0.25, 0.3) is 0 Å². The van der Waals surface area contributed by atoms with Gasteiger partial charge in [0.25, 0.3) is 15.7 Å². The van der Waals surface area contributed by atoms with Gasteiger partial charge in [0.1, 0.15) is 0 Å². The Labute approximate surface area is 173 Å². The van der Waals surface area contributed by atoms with Gasteiger partial charge in [-0.3, -0.25) is 4.79 Å². The molecule has 30 heavy (non-hydrogen) atoms. The van der Waals surface area contributed by atoms with Gasteiger partial charge >= 0.3 is 11.5 Å². The van der Waals surface area contributed by atoms with Gasteiger partial charge in [0.15, 0.2) is 0 Å². The second-order valence-corrected chi connectivity index (χ2v) is 9.48. The number of hydrogen-bond acceptors (Lipinski definition) is 4. The molecule has 1 aromatic rings. The fourth-order valence-corrected chi connectivity index (χ4v) is 4.48. The molecule has 0 bridgehead atoms. The van der Waals surface area contributed by atoms with Crippen LogP contribution < -0.4 is 5.32 Å². The second kappa shape index (κ2) is 8.83. The maximum atomic E-state index is 12.6. The fraction of sp³-hybridized carbons (Fsp3) is 0.579. The van der Waals surface area contributed by atoms with Gasteiger partial charge in [0.2, 0.25) is 0 Å². The normalized spacial score (nSPS) is 18.9. The lowest BCUT2D eigenvalue weighted by Crippen LogP contribution is -2.54. The number of amides is 3. The average molecular weight is 447 g/mol. The summed E-state index contributed by atoms with van der Waals surface area (Å²) in [6, 6.07) is 3.76. The van der Waals surface area contributed by atoms with Crippen molar-refractivity contribution < 1.29 is 31.2 Å². The van der Waals surface area contributed by atoms with E-state index in [4.69, 9.17) is 0 Å². The highest BCUT2D eigenvalue weighted by atomic mass is 32.2. The van der Waals surface area contributed by atoms with E-state index in [2.05, 4.69) is 5.32 Å². The third-order valence-electron chi connectivity index (χ3n) is 5.50. The highest BCUT2D eigenvalue weighted by molar-refractivity contribution is 7.92. The number of halogens is 3. The first-order valence-electron chi connectivity index (χ1n) is 9.86. The van der Waals surface area contributed by atoms with Crippen LogP contribution in [0.2, 0.25) is 0 Å². The van der Waals surface area contributed by atoms with Crippen molar-refractivity contribution in [2.24, 2.45) is 0 Å². The summed E-state index contributed by atoms with van der Waals surface area (Å²) in [5, 5.41) is 3.03. The van der Waals surface area contributed by atoms with Crippen molar-refractivity contribution in [3.05, 3.63) is 29.8 Å².